The Labute approximate surface area is 220 Å². The van der Waals surface area contributed by atoms with Crippen LogP contribution in [0.4, 0.5) is 10.5 Å². The van der Waals surface area contributed by atoms with Crippen molar-refractivity contribution in [3.05, 3.63) is 83.7 Å². The van der Waals surface area contributed by atoms with E-state index >= 15 is 0 Å². The summed E-state index contributed by atoms with van der Waals surface area (Å²) < 4.78 is 17.8. The molecule has 10 heteroatoms. The van der Waals surface area contributed by atoms with E-state index in [-0.39, 0.29) is 12.6 Å². The van der Waals surface area contributed by atoms with Crippen molar-refractivity contribution in [2.45, 2.75) is 24.4 Å². The zero-order valence-corrected chi connectivity index (χ0v) is 22.0. The molecule has 0 saturated heterocycles. The molecule has 0 saturated carbocycles. The van der Waals surface area contributed by atoms with Crippen LogP contribution in [0.3, 0.4) is 0 Å². The van der Waals surface area contributed by atoms with Gasteiger partial charge in [-0.05, 0) is 36.8 Å². The summed E-state index contributed by atoms with van der Waals surface area (Å²) in [5.41, 5.74) is 3.72. The molecule has 1 heterocycles. The molecule has 0 spiro atoms. The Morgan fingerprint density at radius 2 is 1.59 bits per heavy atom. The molecule has 0 aliphatic heterocycles. The first-order valence-electron chi connectivity index (χ1n) is 11.5. The van der Waals surface area contributed by atoms with Crippen LogP contribution in [0, 0.1) is 6.92 Å². The quantitative estimate of drug-likeness (QED) is 0.277. The second-order valence-corrected chi connectivity index (χ2v) is 9.06. The summed E-state index contributed by atoms with van der Waals surface area (Å²) in [6.45, 7) is 2.21. The molecule has 0 aliphatic carbocycles. The fourth-order valence-corrected chi connectivity index (χ4v) is 4.50. The number of aromatic nitrogens is 3. The molecule has 2 amide bonds. The number of urea groups is 1. The third-order valence-electron chi connectivity index (χ3n) is 5.51. The normalized spacial score (nSPS) is 10.6. The van der Waals surface area contributed by atoms with E-state index in [4.69, 9.17) is 14.2 Å². The van der Waals surface area contributed by atoms with Crippen LogP contribution in [0.25, 0.3) is 5.69 Å². The Morgan fingerprint density at radius 1 is 0.892 bits per heavy atom. The lowest BCUT2D eigenvalue weighted by Gasteiger charge is -2.13. The number of carbonyl (C=O) groups is 1. The summed E-state index contributed by atoms with van der Waals surface area (Å²) in [5.74, 6) is 3.25. The van der Waals surface area contributed by atoms with Crippen molar-refractivity contribution >= 4 is 23.5 Å². The number of nitrogens with zero attached hydrogens (tertiary/aromatic N) is 3. The van der Waals surface area contributed by atoms with E-state index in [9.17, 15) is 4.79 Å². The molecule has 3 aromatic carbocycles. The molecular weight excluding hydrogens is 490 g/mol. The lowest BCUT2D eigenvalue weighted by Crippen LogP contribution is -2.29. The van der Waals surface area contributed by atoms with Crippen molar-refractivity contribution in [2.24, 2.45) is 0 Å². The second kappa shape index (κ2) is 12.2. The van der Waals surface area contributed by atoms with Crippen LogP contribution in [0.1, 0.15) is 17.0 Å². The van der Waals surface area contributed by atoms with Crippen molar-refractivity contribution in [1.82, 2.24) is 20.1 Å². The average molecular weight is 520 g/mol. The SMILES string of the molecule is COc1cccc(CSc2nnc(CNC(=O)Nc3cc(OC)cc(OC)c3)n2-c2ccc(C)cc2)c1. The fourth-order valence-electron chi connectivity index (χ4n) is 3.59. The van der Waals surface area contributed by atoms with Crippen LogP contribution < -0.4 is 24.8 Å². The van der Waals surface area contributed by atoms with Crippen molar-refractivity contribution < 1.29 is 19.0 Å². The van der Waals surface area contributed by atoms with Gasteiger partial charge in [-0.15, -0.1) is 10.2 Å². The van der Waals surface area contributed by atoms with E-state index in [1.54, 1.807) is 51.3 Å². The maximum absolute atomic E-state index is 12.7. The van der Waals surface area contributed by atoms with Crippen LogP contribution >= 0.6 is 11.8 Å². The summed E-state index contributed by atoms with van der Waals surface area (Å²) in [7, 11) is 4.77. The van der Waals surface area contributed by atoms with Gasteiger partial charge in [0.2, 0.25) is 0 Å². The van der Waals surface area contributed by atoms with Gasteiger partial charge in [-0.1, -0.05) is 41.6 Å². The third-order valence-corrected chi connectivity index (χ3v) is 6.51. The van der Waals surface area contributed by atoms with Gasteiger partial charge < -0.3 is 24.8 Å². The number of hydrogen-bond acceptors (Lipinski definition) is 7. The van der Waals surface area contributed by atoms with Gasteiger partial charge in [0.25, 0.3) is 0 Å². The topological polar surface area (TPSA) is 99.5 Å². The number of benzene rings is 3. The number of aryl methyl sites for hydroxylation is 1. The number of methoxy groups -OCH3 is 3. The highest BCUT2D eigenvalue weighted by Crippen LogP contribution is 2.28. The van der Waals surface area contributed by atoms with Crippen LogP contribution in [0.15, 0.2) is 71.9 Å². The van der Waals surface area contributed by atoms with Crippen LogP contribution in [0.2, 0.25) is 0 Å². The molecule has 9 nitrogen and oxygen atoms in total. The summed E-state index contributed by atoms with van der Waals surface area (Å²) in [4.78, 5) is 12.7. The second-order valence-electron chi connectivity index (χ2n) is 8.12. The molecular formula is C27H29N5O4S. The maximum Gasteiger partial charge on any atom is 0.319 e. The van der Waals surface area contributed by atoms with Gasteiger partial charge in [-0.25, -0.2) is 4.79 Å². The summed E-state index contributed by atoms with van der Waals surface area (Å²) >= 11 is 1.56. The number of hydrogen-bond donors (Lipinski definition) is 2. The first-order valence-corrected chi connectivity index (χ1v) is 12.5. The third kappa shape index (κ3) is 6.73. The van der Waals surface area contributed by atoms with Gasteiger partial charge >= 0.3 is 6.03 Å². The molecule has 4 aromatic rings. The Balaban J connectivity index is 1.51. The molecule has 0 fully saturated rings. The van der Waals surface area contributed by atoms with Crippen molar-refractivity contribution in [3.8, 4) is 22.9 Å². The van der Waals surface area contributed by atoms with Crippen LogP contribution in [-0.4, -0.2) is 42.1 Å². The molecule has 0 unspecified atom stereocenters. The number of anilines is 1. The van der Waals surface area contributed by atoms with E-state index in [2.05, 4.69) is 20.8 Å². The lowest BCUT2D eigenvalue weighted by atomic mass is 10.2. The minimum Gasteiger partial charge on any atom is -0.497 e. The fraction of sp³-hybridized carbons (Fsp3) is 0.222. The molecule has 2 N–H and O–H groups in total. The number of carbonyl (C=O) groups excluding carboxylic acids is 1. The lowest BCUT2D eigenvalue weighted by molar-refractivity contribution is 0.251. The largest absolute Gasteiger partial charge is 0.497 e. The van der Waals surface area contributed by atoms with E-state index in [1.165, 1.54) is 0 Å². The van der Waals surface area contributed by atoms with E-state index in [0.29, 0.717) is 28.8 Å². The Bertz CT molecular complexity index is 1340. The first-order chi connectivity index (χ1) is 18.0. The highest BCUT2D eigenvalue weighted by atomic mass is 32.2. The van der Waals surface area contributed by atoms with Gasteiger partial charge in [-0.2, -0.15) is 0 Å². The Morgan fingerprint density at radius 3 is 2.27 bits per heavy atom. The van der Waals surface area contributed by atoms with Crippen molar-refractivity contribution in [2.75, 3.05) is 26.6 Å². The zero-order valence-electron chi connectivity index (χ0n) is 21.1. The Kier molecular flexibility index (Phi) is 8.52. The van der Waals surface area contributed by atoms with Crippen molar-refractivity contribution in [3.63, 3.8) is 0 Å². The molecule has 0 aliphatic rings. The monoisotopic (exact) mass is 519 g/mol. The Hall–Kier alpha value is -4.18. The highest BCUT2D eigenvalue weighted by molar-refractivity contribution is 7.98. The van der Waals surface area contributed by atoms with Crippen LogP contribution in [0.5, 0.6) is 17.2 Å². The average Bonchev–Trinajstić information content (AvgIpc) is 3.33. The van der Waals surface area contributed by atoms with E-state index in [0.717, 1.165) is 27.7 Å². The minimum absolute atomic E-state index is 0.174. The zero-order chi connectivity index (χ0) is 26.2. The summed E-state index contributed by atoms with van der Waals surface area (Å²) in [6, 6.07) is 20.8. The van der Waals surface area contributed by atoms with E-state index in [1.807, 2.05) is 60.0 Å². The molecule has 4 rings (SSSR count). The number of amides is 2. The van der Waals surface area contributed by atoms with Gasteiger partial charge in [0.05, 0.1) is 27.9 Å². The minimum atomic E-state index is -0.389. The number of thioether (sulfide) groups is 1. The van der Waals surface area contributed by atoms with Crippen LogP contribution in [-0.2, 0) is 12.3 Å². The molecule has 0 atom stereocenters. The van der Waals surface area contributed by atoms with Gasteiger partial charge in [0, 0.05) is 35.3 Å². The predicted octanol–water partition coefficient (Wildman–Crippen LogP) is 5.22. The molecule has 0 radical (unpaired) electrons. The molecule has 0 bridgehead atoms. The first kappa shape index (κ1) is 25.9. The van der Waals surface area contributed by atoms with Gasteiger partial charge in [0.1, 0.15) is 17.2 Å². The highest BCUT2D eigenvalue weighted by Gasteiger charge is 2.16. The molecule has 1 aromatic heterocycles. The standard InChI is InChI=1S/C27H29N5O4S/c1-18-8-10-21(11-9-18)32-25(30-31-27(32)37-17-19-6-5-7-22(12-19)34-2)16-28-26(33)29-20-13-23(35-3)15-24(14-20)36-4/h5-15H,16-17H2,1-4H3,(H2,28,29,33). The molecule has 37 heavy (non-hydrogen) atoms. The predicted molar refractivity (Wildman–Crippen MR) is 144 cm³/mol. The number of nitrogens with one attached hydrogen (secondary N) is 2. The molecule has 192 valence electrons. The summed E-state index contributed by atoms with van der Waals surface area (Å²) in [5, 5.41) is 15.2. The van der Waals surface area contributed by atoms with Crippen molar-refractivity contribution in [1.29, 1.82) is 0 Å². The number of ether oxygens (including phenoxy) is 3. The smallest absolute Gasteiger partial charge is 0.319 e. The maximum atomic E-state index is 12.7. The number of rotatable bonds is 10. The van der Waals surface area contributed by atoms with Gasteiger partial charge in [0.15, 0.2) is 11.0 Å². The van der Waals surface area contributed by atoms with E-state index < -0.39 is 0 Å². The summed E-state index contributed by atoms with van der Waals surface area (Å²) in [6.07, 6.45) is 0. The van der Waals surface area contributed by atoms with Gasteiger partial charge in [-0.3, -0.25) is 4.57 Å².